The smallest absolute Gasteiger partial charge is 0.224 e. The van der Waals surface area contributed by atoms with Crippen molar-refractivity contribution in [3.63, 3.8) is 0 Å². The van der Waals surface area contributed by atoms with Crippen LogP contribution < -0.4 is 5.32 Å². The predicted molar refractivity (Wildman–Crippen MR) is 74.7 cm³/mol. The van der Waals surface area contributed by atoms with Crippen molar-refractivity contribution in [2.24, 2.45) is 5.92 Å². The van der Waals surface area contributed by atoms with E-state index in [4.69, 9.17) is 0 Å². The van der Waals surface area contributed by atoms with Gasteiger partial charge in [0.05, 0.1) is 11.5 Å². The summed E-state index contributed by atoms with van der Waals surface area (Å²) in [5.74, 6) is 1.14. The Hall–Kier alpha value is -0.620. The highest BCUT2D eigenvalue weighted by atomic mass is 32.2. The number of hydrogen-bond acceptors (Lipinski definition) is 4. The fourth-order valence-electron chi connectivity index (χ4n) is 2.93. The van der Waals surface area contributed by atoms with Crippen LogP contribution in [0.3, 0.4) is 0 Å². The van der Waals surface area contributed by atoms with Crippen LogP contribution in [0, 0.1) is 5.92 Å². The van der Waals surface area contributed by atoms with Crippen molar-refractivity contribution >= 4 is 15.7 Å². The summed E-state index contributed by atoms with van der Waals surface area (Å²) in [5, 5.41) is 3.14. The zero-order valence-corrected chi connectivity index (χ0v) is 12.4. The van der Waals surface area contributed by atoms with E-state index in [9.17, 15) is 13.2 Å². The molecule has 1 amide bonds. The molecular weight excluding hydrogens is 264 g/mol. The lowest BCUT2D eigenvalue weighted by Crippen LogP contribution is -2.48. The molecule has 1 N–H and O–H groups in total. The van der Waals surface area contributed by atoms with E-state index in [2.05, 4.69) is 12.2 Å². The number of amides is 1. The normalized spacial score (nSPS) is 28.3. The van der Waals surface area contributed by atoms with Crippen LogP contribution in [0.2, 0.25) is 0 Å². The second-order valence-electron chi connectivity index (χ2n) is 5.70. The van der Waals surface area contributed by atoms with E-state index in [1.54, 1.807) is 0 Å². The summed E-state index contributed by atoms with van der Waals surface area (Å²) < 4.78 is 23.1. The third kappa shape index (κ3) is 4.18. The van der Waals surface area contributed by atoms with Crippen molar-refractivity contribution in [1.82, 2.24) is 10.2 Å². The fraction of sp³-hybridized carbons (Fsp3) is 0.923. The quantitative estimate of drug-likeness (QED) is 0.817. The van der Waals surface area contributed by atoms with Gasteiger partial charge in [-0.05, 0) is 18.8 Å². The molecule has 2 heterocycles. The Labute approximate surface area is 115 Å². The van der Waals surface area contributed by atoms with E-state index in [-0.39, 0.29) is 23.5 Å². The van der Waals surface area contributed by atoms with E-state index >= 15 is 0 Å². The van der Waals surface area contributed by atoms with E-state index in [0.29, 0.717) is 13.0 Å². The minimum atomic E-state index is -2.95. The highest BCUT2D eigenvalue weighted by molar-refractivity contribution is 7.91. The van der Waals surface area contributed by atoms with Gasteiger partial charge in [-0.3, -0.25) is 4.79 Å². The minimum Gasteiger partial charge on any atom is -0.343 e. The van der Waals surface area contributed by atoms with Gasteiger partial charge in [0, 0.05) is 32.1 Å². The van der Waals surface area contributed by atoms with Crippen molar-refractivity contribution in [3.8, 4) is 0 Å². The van der Waals surface area contributed by atoms with Crippen molar-refractivity contribution < 1.29 is 13.2 Å². The lowest BCUT2D eigenvalue weighted by molar-refractivity contribution is -0.133. The molecule has 110 valence electrons. The number of carbonyl (C=O) groups is 1. The molecule has 0 radical (unpaired) electrons. The average Bonchev–Trinajstić information content (AvgIpc) is 2.37. The topological polar surface area (TPSA) is 66.5 Å². The van der Waals surface area contributed by atoms with Gasteiger partial charge in [0.15, 0.2) is 9.84 Å². The molecule has 0 bridgehead atoms. The maximum atomic E-state index is 12.2. The van der Waals surface area contributed by atoms with Crippen LogP contribution in [0.15, 0.2) is 0 Å². The number of nitrogens with zero attached hydrogens (tertiary/aromatic N) is 1. The van der Waals surface area contributed by atoms with Crippen LogP contribution in [-0.2, 0) is 14.6 Å². The van der Waals surface area contributed by atoms with Gasteiger partial charge in [-0.25, -0.2) is 8.42 Å². The molecule has 1 unspecified atom stereocenters. The molecule has 0 spiro atoms. The van der Waals surface area contributed by atoms with E-state index < -0.39 is 9.84 Å². The first-order valence-electron chi connectivity index (χ1n) is 7.22. The summed E-state index contributed by atoms with van der Waals surface area (Å²) in [5.41, 5.74) is 0. The zero-order valence-electron chi connectivity index (χ0n) is 11.6. The van der Waals surface area contributed by atoms with Gasteiger partial charge in [0.2, 0.25) is 5.91 Å². The molecule has 0 aromatic rings. The number of nitrogens with one attached hydrogen (secondary N) is 1. The third-order valence-corrected chi connectivity index (χ3v) is 6.00. The van der Waals surface area contributed by atoms with Gasteiger partial charge >= 0.3 is 0 Å². The SMILES string of the molecule is CCC1CCN(C(=O)CC2CS(=O)(=O)CCN2)CC1. The molecule has 5 nitrogen and oxygen atoms in total. The number of piperidine rings is 1. The Morgan fingerprint density at radius 3 is 2.58 bits per heavy atom. The molecule has 2 aliphatic heterocycles. The first kappa shape index (κ1) is 14.8. The van der Waals surface area contributed by atoms with Gasteiger partial charge < -0.3 is 10.2 Å². The Bertz CT molecular complexity index is 414. The van der Waals surface area contributed by atoms with Gasteiger partial charge in [0.1, 0.15) is 0 Å². The van der Waals surface area contributed by atoms with E-state index in [1.807, 2.05) is 4.90 Å². The molecule has 0 aromatic carbocycles. The molecule has 19 heavy (non-hydrogen) atoms. The van der Waals surface area contributed by atoms with Crippen LogP contribution in [0.4, 0.5) is 0 Å². The summed E-state index contributed by atoms with van der Waals surface area (Å²) in [4.78, 5) is 14.1. The maximum absolute atomic E-state index is 12.2. The molecule has 0 aromatic heterocycles. The number of carbonyl (C=O) groups excluding carboxylic acids is 1. The molecule has 6 heteroatoms. The van der Waals surface area contributed by atoms with Crippen molar-refractivity contribution in [1.29, 1.82) is 0 Å². The summed E-state index contributed by atoms with van der Waals surface area (Å²) >= 11 is 0. The lowest BCUT2D eigenvalue weighted by Gasteiger charge is -2.33. The fourth-order valence-corrected chi connectivity index (χ4v) is 4.37. The third-order valence-electron chi connectivity index (χ3n) is 4.27. The second-order valence-corrected chi connectivity index (χ2v) is 7.93. The largest absolute Gasteiger partial charge is 0.343 e. The van der Waals surface area contributed by atoms with E-state index in [1.165, 1.54) is 6.42 Å². The minimum absolute atomic E-state index is 0.101. The molecule has 1 atom stereocenters. The monoisotopic (exact) mass is 288 g/mol. The molecule has 2 saturated heterocycles. The van der Waals surface area contributed by atoms with Crippen LogP contribution >= 0.6 is 0 Å². The van der Waals surface area contributed by atoms with Crippen molar-refractivity contribution in [2.45, 2.75) is 38.6 Å². The summed E-state index contributed by atoms with van der Waals surface area (Å²) in [6, 6.07) is -0.199. The van der Waals surface area contributed by atoms with Crippen molar-refractivity contribution in [3.05, 3.63) is 0 Å². The first-order chi connectivity index (χ1) is 9.00. The Morgan fingerprint density at radius 1 is 1.32 bits per heavy atom. The van der Waals surface area contributed by atoms with E-state index in [0.717, 1.165) is 31.8 Å². The second kappa shape index (κ2) is 6.22. The average molecular weight is 288 g/mol. The molecule has 2 rings (SSSR count). The standard InChI is InChI=1S/C13H24N2O3S/c1-2-11-3-6-15(7-4-11)13(16)9-12-10-19(17,18)8-5-14-12/h11-12,14H,2-10H2,1H3. The zero-order chi connectivity index (χ0) is 13.9. The highest BCUT2D eigenvalue weighted by Gasteiger charge is 2.29. The van der Waals surface area contributed by atoms with Crippen LogP contribution in [0.5, 0.6) is 0 Å². The highest BCUT2D eigenvalue weighted by Crippen LogP contribution is 2.20. The first-order valence-corrected chi connectivity index (χ1v) is 9.04. The molecule has 0 saturated carbocycles. The molecule has 2 fully saturated rings. The number of sulfone groups is 1. The number of rotatable bonds is 3. The molecular formula is C13H24N2O3S. The summed E-state index contributed by atoms with van der Waals surface area (Å²) in [7, 11) is -2.95. The number of likely N-dealkylation sites (tertiary alicyclic amines) is 1. The Kier molecular flexibility index (Phi) is 4.84. The maximum Gasteiger partial charge on any atom is 0.224 e. The van der Waals surface area contributed by atoms with Gasteiger partial charge in [0.25, 0.3) is 0 Å². The summed E-state index contributed by atoms with van der Waals surface area (Å²) in [6.45, 7) is 4.32. The van der Waals surface area contributed by atoms with Crippen LogP contribution in [-0.4, -0.2) is 56.4 Å². The lowest BCUT2D eigenvalue weighted by atomic mass is 9.94. The van der Waals surface area contributed by atoms with Gasteiger partial charge in [-0.15, -0.1) is 0 Å². The van der Waals surface area contributed by atoms with Crippen LogP contribution in [0.1, 0.15) is 32.6 Å². The summed E-state index contributed by atoms with van der Waals surface area (Å²) in [6.07, 6.45) is 3.66. The van der Waals surface area contributed by atoms with Crippen molar-refractivity contribution in [2.75, 3.05) is 31.1 Å². The van der Waals surface area contributed by atoms with Gasteiger partial charge in [-0.1, -0.05) is 13.3 Å². The van der Waals surface area contributed by atoms with Crippen LogP contribution in [0.25, 0.3) is 0 Å². The molecule has 2 aliphatic rings. The van der Waals surface area contributed by atoms with Gasteiger partial charge in [-0.2, -0.15) is 0 Å². The predicted octanol–water partition coefficient (Wildman–Crippen LogP) is 0.412. The number of hydrogen-bond donors (Lipinski definition) is 1. The Morgan fingerprint density at radius 2 is 2.00 bits per heavy atom. The Balaban J connectivity index is 1.81. The molecule has 0 aliphatic carbocycles.